The molecule has 0 saturated carbocycles. The molecule has 1 heterocycles. The maximum Gasteiger partial charge on any atom is 0.220 e. The molecule has 1 aliphatic rings. The van der Waals surface area contributed by atoms with Gasteiger partial charge < -0.3 is 40.3 Å². The number of ether oxygens (including phenoxy) is 2. The Balaban J connectivity index is 2.47. The summed E-state index contributed by atoms with van der Waals surface area (Å²) < 4.78 is 11.1. The van der Waals surface area contributed by atoms with E-state index in [4.69, 9.17) is 9.47 Å². The number of allylic oxidation sites excluding steroid dienone is 8. The van der Waals surface area contributed by atoms with Crippen LogP contribution >= 0.6 is 0 Å². The van der Waals surface area contributed by atoms with E-state index in [1.807, 2.05) is 0 Å². The highest BCUT2D eigenvalue weighted by Gasteiger charge is 2.44. The standard InChI is InChI=1S/C36H63NO8/c1-3-5-7-9-11-12-13-14-15-16-17-18-20-22-24-26-32(40)37-29(30(39)25-23-21-19-10-8-6-4-2)28-44-36-35(43)34(42)33(41)31(27-38)45-36/h5,7,11-12,14-15,17-18,29-31,33-36,38-39,41-43H,3-4,6,8-10,13,16,19-28H2,1-2H3,(H,37,40)/b7-5-,12-11-,15-14-,18-17-. The molecule has 6 N–H and O–H groups in total. The third kappa shape index (κ3) is 19.4. The average Bonchev–Trinajstić information content (AvgIpc) is 3.04. The molecule has 0 radical (unpaired) electrons. The molecule has 45 heavy (non-hydrogen) atoms. The number of aliphatic hydroxyl groups excluding tert-OH is 5. The number of nitrogens with one attached hydrogen (secondary N) is 1. The van der Waals surface area contributed by atoms with Crippen molar-refractivity contribution in [2.24, 2.45) is 0 Å². The average molecular weight is 638 g/mol. The van der Waals surface area contributed by atoms with Crippen LogP contribution in [0, 0.1) is 0 Å². The van der Waals surface area contributed by atoms with Gasteiger partial charge in [0.25, 0.3) is 0 Å². The van der Waals surface area contributed by atoms with Gasteiger partial charge in [-0.15, -0.1) is 0 Å². The molecular weight excluding hydrogens is 574 g/mol. The van der Waals surface area contributed by atoms with Crippen LogP contribution in [0.2, 0.25) is 0 Å². The van der Waals surface area contributed by atoms with E-state index < -0.39 is 49.5 Å². The van der Waals surface area contributed by atoms with Gasteiger partial charge in [0.05, 0.1) is 25.4 Å². The molecule has 260 valence electrons. The van der Waals surface area contributed by atoms with Crippen molar-refractivity contribution in [3.63, 3.8) is 0 Å². The van der Waals surface area contributed by atoms with Crippen LogP contribution in [0.5, 0.6) is 0 Å². The third-order valence-corrected chi connectivity index (χ3v) is 7.95. The largest absolute Gasteiger partial charge is 0.394 e. The molecule has 9 heteroatoms. The second-order valence-corrected chi connectivity index (χ2v) is 11.9. The van der Waals surface area contributed by atoms with Gasteiger partial charge in [-0.05, 0) is 51.4 Å². The van der Waals surface area contributed by atoms with E-state index in [-0.39, 0.29) is 12.5 Å². The van der Waals surface area contributed by atoms with Crippen LogP contribution in [0.25, 0.3) is 0 Å². The van der Waals surface area contributed by atoms with E-state index in [9.17, 15) is 30.3 Å². The lowest BCUT2D eigenvalue weighted by molar-refractivity contribution is -0.302. The lowest BCUT2D eigenvalue weighted by Crippen LogP contribution is -2.60. The highest BCUT2D eigenvalue weighted by molar-refractivity contribution is 5.76. The monoisotopic (exact) mass is 637 g/mol. The highest BCUT2D eigenvalue weighted by atomic mass is 16.7. The van der Waals surface area contributed by atoms with Crippen molar-refractivity contribution in [3.05, 3.63) is 48.6 Å². The zero-order chi connectivity index (χ0) is 33.1. The first-order valence-electron chi connectivity index (χ1n) is 17.3. The first-order chi connectivity index (χ1) is 21.8. The summed E-state index contributed by atoms with van der Waals surface area (Å²) in [5.74, 6) is -0.193. The molecule has 1 saturated heterocycles. The molecule has 0 aliphatic carbocycles. The van der Waals surface area contributed by atoms with Gasteiger partial charge in [0.15, 0.2) is 6.29 Å². The number of unbranched alkanes of at least 4 members (excludes halogenated alkanes) is 8. The molecule has 9 nitrogen and oxygen atoms in total. The minimum absolute atomic E-state index is 0.159. The van der Waals surface area contributed by atoms with Gasteiger partial charge in [0.2, 0.25) is 5.91 Å². The Morgan fingerprint density at radius 2 is 1.38 bits per heavy atom. The van der Waals surface area contributed by atoms with E-state index in [1.54, 1.807) is 0 Å². The Labute approximate surface area is 272 Å². The first-order valence-corrected chi connectivity index (χ1v) is 17.3. The molecule has 7 atom stereocenters. The van der Waals surface area contributed by atoms with Gasteiger partial charge in [-0.2, -0.15) is 0 Å². The third-order valence-electron chi connectivity index (χ3n) is 7.95. The molecule has 0 bridgehead atoms. The predicted molar refractivity (Wildman–Crippen MR) is 179 cm³/mol. The SMILES string of the molecule is CC/C=C\C/C=C\C/C=C\C/C=C\CCCCC(=O)NC(COC1OC(CO)C(O)C(O)C1O)C(O)CCCCCCCCC. The number of carbonyl (C=O) groups is 1. The number of amides is 1. The fourth-order valence-corrected chi connectivity index (χ4v) is 5.09. The molecule has 7 unspecified atom stereocenters. The molecular formula is C36H63NO8. The van der Waals surface area contributed by atoms with Crippen LogP contribution in [0.1, 0.15) is 117 Å². The Morgan fingerprint density at radius 1 is 0.778 bits per heavy atom. The quantitative estimate of drug-likeness (QED) is 0.0563. The van der Waals surface area contributed by atoms with E-state index in [0.29, 0.717) is 19.3 Å². The highest BCUT2D eigenvalue weighted by Crippen LogP contribution is 2.22. The van der Waals surface area contributed by atoms with Crippen LogP contribution in [0.3, 0.4) is 0 Å². The topological polar surface area (TPSA) is 149 Å². The summed E-state index contributed by atoms with van der Waals surface area (Å²) in [7, 11) is 0. The summed E-state index contributed by atoms with van der Waals surface area (Å²) in [6, 6.07) is -0.737. The van der Waals surface area contributed by atoms with E-state index >= 15 is 0 Å². The van der Waals surface area contributed by atoms with Gasteiger partial charge in [-0.1, -0.05) is 107 Å². The molecule has 0 aromatic rings. The molecule has 0 aromatic carbocycles. The molecule has 0 aromatic heterocycles. The maximum atomic E-state index is 12.8. The van der Waals surface area contributed by atoms with Crippen molar-refractivity contribution < 1.29 is 39.8 Å². The summed E-state index contributed by atoms with van der Waals surface area (Å²) in [6.45, 7) is 3.59. The predicted octanol–water partition coefficient (Wildman–Crippen LogP) is 5.15. The Morgan fingerprint density at radius 3 is 2.00 bits per heavy atom. The Kier molecular flexibility index (Phi) is 25.0. The summed E-state index contributed by atoms with van der Waals surface area (Å²) in [4.78, 5) is 12.8. The molecule has 1 fully saturated rings. The molecule has 0 spiro atoms. The normalized spacial score (nSPS) is 23.9. The summed E-state index contributed by atoms with van der Waals surface area (Å²) in [5.41, 5.74) is 0. The van der Waals surface area contributed by atoms with E-state index in [0.717, 1.165) is 57.8 Å². The minimum Gasteiger partial charge on any atom is -0.394 e. The van der Waals surface area contributed by atoms with Crippen molar-refractivity contribution in [1.82, 2.24) is 5.32 Å². The van der Waals surface area contributed by atoms with Gasteiger partial charge in [0.1, 0.15) is 24.4 Å². The summed E-state index contributed by atoms with van der Waals surface area (Å²) in [6.07, 6.45) is 24.3. The second-order valence-electron chi connectivity index (χ2n) is 11.9. The zero-order valence-corrected chi connectivity index (χ0v) is 27.8. The van der Waals surface area contributed by atoms with Crippen LogP contribution in [-0.2, 0) is 14.3 Å². The maximum absolute atomic E-state index is 12.8. The first kappa shape index (κ1) is 41.2. The van der Waals surface area contributed by atoms with Gasteiger partial charge in [0, 0.05) is 6.42 Å². The van der Waals surface area contributed by atoms with Crippen molar-refractivity contribution in [2.45, 2.75) is 159 Å². The van der Waals surface area contributed by atoms with Crippen LogP contribution in [-0.4, -0.2) is 87.5 Å². The van der Waals surface area contributed by atoms with Crippen molar-refractivity contribution in [3.8, 4) is 0 Å². The van der Waals surface area contributed by atoms with E-state index in [1.165, 1.54) is 25.7 Å². The fraction of sp³-hybridized carbons (Fsp3) is 0.750. The minimum atomic E-state index is -1.56. The van der Waals surface area contributed by atoms with Crippen LogP contribution in [0.4, 0.5) is 0 Å². The summed E-state index contributed by atoms with van der Waals surface area (Å²) >= 11 is 0. The number of hydrogen-bond acceptors (Lipinski definition) is 8. The molecule has 1 rings (SSSR count). The number of hydrogen-bond donors (Lipinski definition) is 6. The molecule has 1 aliphatic heterocycles. The molecule has 1 amide bonds. The van der Waals surface area contributed by atoms with Gasteiger partial charge >= 0.3 is 0 Å². The van der Waals surface area contributed by atoms with Gasteiger partial charge in [-0.25, -0.2) is 0 Å². The van der Waals surface area contributed by atoms with Crippen molar-refractivity contribution in [2.75, 3.05) is 13.2 Å². The number of rotatable bonds is 26. The number of carbonyl (C=O) groups excluding carboxylic acids is 1. The zero-order valence-electron chi connectivity index (χ0n) is 27.8. The smallest absolute Gasteiger partial charge is 0.220 e. The van der Waals surface area contributed by atoms with Crippen LogP contribution < -0.4 is 5.32 Å². The Bertz CT molecular complexity index is 843. The summed E-state index contributed by atoms with van der Waals surface area (Å²) in [5, 5.41) is 53.7. The second kappa shape index (κ2) is 27.3. The lowest BCUT2D eigenvalue weighted by Gasteiger charge is -2.40. The fourth-order valence-electron chi connectivity index (χ4n) is 5.09. The van der Waals surface area contributed by atoms with Gasteiger partial charge in [-0.3, -0.25) is 4.79 Å². The number of aliphatic hydroxyl groups is 5. The van der Waals surface area contributed by atoms with Crippen molar-refractivity contribution in [1.29, 1.82) is 0 Å². The Hall–Kier alpha value is -1.85. The van der Waals surface area contributed by atoms with E-state index in [2.05, 4.69) is 67.8 Å². The lowest BCUT2D eigenvalue weighted by atomic mass is 9.99. The van der Waals surface area contributed by atoms with Crippen LogP contribution in [0.15, 0.2) is 48.6 Å². The van der Waals surface area contributed by atoms with Crippen molar-refractivity contribution >= 4 is 5.91 Å².